The summed E-state index contributed by atoms with van der Waals surface area (Å²) in [4.78, 5) is 7.00. The molecule has 1 aliphatic rings. The van der Waals surface area contributed by atoms with Crippen molar-refractivity contribution < 1.29 is 4.74 Å². The van der Waals surface area contributed by atoms with E-state index in [4.69, 9.17) is 15.9 Å². The number of aliphatic imine (C=N–C) groups is 1. The lowest BCUT2D eigenvalue weighted by molar-refractivity contribution is 0.223. The highest BCUT2D eigenvalue weighted by atomic mass is 16.5. The molecule has 0 saturated heterocycles. The molecule has 0 bridgehead atoms. The molecule has 0 aromatic heterocycles. The number of ether oxygens (including phenoxy) is 1. The molecular weight excluding hydrogens is 348 g/mol. The number of rotatable bonds is 10. The number of unbranched alkanes of at least 4 members (excludes halogenated alkanes) is 3. The minimum atomic E-state index is 0.304. The lowest BCUT2D eigenvalue weighted by Crippen LogP contribution is -2.30. The van der Waals surface area contributed by atoms with Gasteiger partial charge >= 0.3 is 0 Å². The van der Waals surface area contributed by atoms with Crippen LogP contribution in [0.2, 0.25) is 0 Å². The third-order valence-corrected chi connectivity index (χ3v) is 4.78. The molecule has 1 aromatic rings. The largest absolute Gasteiger partial charge is 0.491 e. The molecule has 0 aliphatic heterocycles. The summed E-state index contributed by atoms with van der Waals surface area (Å²) in [6, 6.07) is 8.62. The number of nitrogens with zero attached hydrogens (tertiary/aromatic N) is 2. The van der Waals surface area contributed by atoms with E-state index in [1.807, 2.05) is 12.1 Å². The molecule has 3 N–H and O–H groups in total. The van der Waals surface area contributed by atoms with E-state index in [2.05, 4.69) is 49.7 Å². The normalized spacial score (nSPS) is 15.6. The summed E-state index contributed by atoms with van der Waals surface area (Å²) in [5.74, 6) is 0.540. The zero-order chi connectivity index (χ0) is 20.5. The molecule has 1 aliphatic carbocycles. The van der Waals surface area contributed by atoms with Gasteiger partial charge in [0.25, 0.3) is 0 Å². The fourth-order valence-corrected chi connectivity index (χ4v) is 3.22. The Labute approximate surface area is 169 Å². The van der Waals surface area contributed by atoms with Crippen molar-refractivity contribution in [2.45, 2.75) is 59.4 Å². The van der Waals surface area contributed by atoms with E-state index in [9.17, 15) is 0 Å². The molecule has 0 saturated carbocycles. The molecule has 0 amide bonds. The van der Waals surface area contributed by atoms with E-state index in [0.29, 0.717) is 35.5 Å². The Balaban J connectivity index is 2.11. The first-order chi connectivity index (χ1) is 13.5. The third kappa shape index (κ3) is 5.98. The van der Waals surface area contributed by atoms with E-state index in [0.717, 1.165) is 25.1 Å². The predicted octanol–water partition coefficient (Wildman–Crippen LogP) is 5.35. The van der Waals surface area contributed by atoms with Gasteiger partial charge in [-0.25, -0.2) is 4.99 Å². The third-order valence-electron chi connectivity index (χ3n) is 4.78. The van der Waals surface area contributed by atoms with E-state index in [-0.39, 0.29) is 0 Å². The maximum Gasteiger partial charge on any atom is 0.146 e. The molecule has 5 nitrogen and oxygen atoms in total. The van der Waals surface area contributed by atoms with E-state index >= 15 is 0 Å². The first-order valence-corrected chi connectivity index (χ1v) is 10.3. The van der Waals surface area contributed by atoms with Gasteiger partial charge < -0.3 is 15.4 Å². The Morgan fingerprint density at radius 3 is 2.39 bits per heavy atom. The highest BCUT2D eigenvalue weighted by molar-refractivity contribution is 6.22. The average molecular weight is 383 g/mol. The number of nitrogens with two attached hydrogens (primary N) is 1. The lowest BCUT2D eigenvalue weighted by Gasteiger charge is -2.27. The van der Waals surface area contributed by atoms with Gasteiger partial charge in [-0.1, -0.05) is 26.2 Å². The van der Waals surface area contributed by atoms with Crippen LogP contribution in [0.3, 0.4) is 0 Å². The topological polar surface area (TPSA) is 74.7 Å². The fraction of sp³-hybridized carbons (Fsp3) is 0.478. The zero-order valence-electron chi connectivity index (χ0n) is 17.7. The van der Waals surface area contributed by atoms with E-state index in [1.54, 1.807) is 12.2 Å². The van der Waals surface area contributed by atoms with Crippen LogP contribution in [0, 0.1) is 5.41 Å². The summed E-state index contributed by atoms with van der Waals surface area (Å²) in [5.41, 5.74) is 9.55. The minimum absolute atomic E-state index is 0.304. The van der Waals surface area contributed by atoms with Crippen molar-refractivity contribution in [2.24, 2.45) is 10.7 Å². The maximum absolute atomic E-state index is 8.09. The van der Waals surface area contributed by atoms with Gasteiger partial charge in [-0.15, -0.1) is 0 Å². The summed E-state index contributed by atoms with van der Waals surface area (Å²) in [7, 11) is 0. The Kier molecular flexibility index (Phi) is 8.30. The molecule has 5 heteroatoms. The second-order valence-corrected chi connectivity index (χ2v) is 7.32. The van der Waals surface area contributed by atoms with Crippen molar-refractivity contribution in [3.05, 3.63) is 47.9 Å². The van der Waals surface area contributed by atoms with Crippen molar-refractivity contribution >= 4 is 22.8 Å². The Bertz CT molecular complexity index is 744. The van der Waals surface area contributed by atoms with Gasteiger partial charge in [-0.05, 0) is 57.5 Å². The van der Waals surface area contributed by atoms with Crippen LogP contribution in [0.1, 0.15) is 53.4 Å². The number of benzene rings is 1. The Hall–Kier alpha value is -2.56. The molecule has 0 spiro atoms. The molecule has 1 aromatic carbocycles. The summed E-state index contributed by atoms with van der Waals surface area (Å²) >= 11 is 0. The number of anilines is 1. The first kappa shape index (κ1) is 21.7. The molecule has 0 atom stereocenters. The van der Waals surface area contributed by atoms with Gasteiger partial charge in [0.2, 0.25) is 0 Å². The van der Waals surface area contributed by atoms with E-state index in [1.165, 1.54) is 18.5 Å². The quantitative estimate of drug-likeness (QED) is 0.423. The molecule has 0 radical (unpaired) electrons. The van der Waals surface area contributed by atoms with Crippen LogP contribution in [0.5, 0.6) is 0 Å². The second kappa shape index (κ2) is 10.7. The molecule has 28 heavy (non-hydrogen) atoms. The standard InChI is InChI=1S/C23H34N4O/c1-5-7-8-9-14-28-23-16-22(20(24)15-21(23)25)26-18-10-12-19(13-11-18)27(6-2)17(3)4/h10-13,15-17,25H,5-9,14,24H2,1-4H3/b25-21?,26-22+. The summed E-state index contributed by atoms with van der Waals surface area (Å²) in [6.07, 6.45) is 7.94. The number of hydrogen-bond acceptors (Lipinski definition) is 5. The van der Waals surface area contributed by atoms with Gasteiger partial charge in [0, 0.05) is 24.4 Å². The van der Waals surface area contributed by atoms with Crippen LogP contribution < -0.4 is 10.6 Å². The van der Waals surface area contributed by atoms with Crippen molar-refractivity contribution in [1.82, 2.24) is 0 Å². The SMILES string of the molecule is CCCCCCOC1=C/C(=N\c2ccc(N(CC)C(C)C)cc2)C(N)=CC1=N. The number of allylic oxidation sites excluding steroid dienone is 2. The fourth-order valence-electron chi connectivity index (χ4n) is 3.22. The van der Waals surface area contributed by atoms with Crippen LogP contribution in [-0.4, -0.2) is 30.6 Å². The maximum atomic E-state index is 8.09. The monoisotopic (exact) mass is 382 g/mol. The first-order valence-electron chi connectivity index (χ1n) is 10.3. The van der Waals surface area contributed by atoms with Crippen molar-refractivity contribution in [1.29, 1.82) is 5.41 Å². The number of hydrogen-bond donors (Lipinski definition) is 2. The van der Waals surface area contributed by atoms with Crippen LogP contribution in [0.25, 0.3) is 0 Å². The molecule has 2 rings (SSSR count). The molecule has 0 heterocycles. The molecule has 152 valence electrons. The van der Waals surface area contributed by atoms with Crippen LogP contribution in [0.15, 0.2) is 52.9 Å². The minimum Gasteiger partial charge on any atom is -0.491 e. The van der Waals surface area contributed by atoms with Gasteiger partial charge in [0.15, 0.2) is 0 Å². The summed E-state index contributed by atoms with van der Waals surface area (Å²) in [5, 5.41) is 8.09. The van der Waals surface area contributed by atoms with Gasteiger partial charge in [-0.2, -0.15) is 0 Å². The predicted molar refractivity (Wildman–Crippen MR) is 120 cm³/mol. The van der Waals surface area contributed by atoms with Crippen molar-refractivity contribution in [2.75, 3.05) is 18.1 Å². The van der Waals surface area contributed by atoms with Crippen LogP contribution in [0.4, 0.5) is 11.4 Å². The highest BCUT2D eigenvalue weighted by Gasteiger charge is 2.16. The molecule has 0 fully saturated rings. The van der Waals surface area contributed by atoms with Crippen LogP contribution in [-0.2, 0) is 4.74 Å². The Morgan fingerprint density at radius 2 is 1.79 bits per heavy atom. The van der Waals surface area contributed by atoms with Crippen molar-refractivity contribution in [3.63, 3.8) is 0 Å². The molecule has 0 unspecified atom stereocenters. The number of nitrogens with one attached hydrogen (secondary N) is 1. The highest BCUT2D eigenvalue weighted by Crippen LogP contribution is 2.23. The smallest absolute Gasteiger partial charge is 0.146 e. The van der Waals surface area contributed by atoms with Gasteiger partial charge in [0.1, 0.15) is 5.76 Å². The van der Waals surface area contributed by atoms with Gasteiger partial charge in [-0.3, -0.25) is 5.41 Å². The summed E-state index contributed by atoms with van der Waals surface area (Å²) < 4.78 is 5.80. The second-order valence-electron chi connectivity index (χ2n) is 7.32. The molecular formula is C23H34N4O. The average Bonchev–Trinajstić information content (AvgIpc) is 2.66. The summed E-state index contributed by atoms with van der Waals surface area (Å²) in [6.45, 7) is 10.3. The van der Waals surface area contributed by atoms with Crippen molar-refractivity contribution in [3.8, 4) is 0 Å². The zero-order valence-corrected chi connectivity index (χ0v) is 17.7. The van der Waals surface area contributed by atoms with Gasteiger partial charge in [0.05, 0.1) is 29.4 Å². The lowest BCUT2D eigenvalue weighted by atomic mass is 10.1. The van der Waals surface area contributed by atoms with E-state index < -0.39 is 0 Å². The Morgan fingerprint density at radius 1 is 1.07 bits per heavy atom. The van der Waals surface area contributed by atoms with Crippen LogP contribution >= 0.6 is 0 Å².